The topological polar surface area (TPSA) is 35.5 Å². The SMILES string of the molecule is CC(C)NC1(CO)CCC(N(C)C(C)C(C)C)C1. The maximum absolute atomic E-state index is 9.73. The molecule has 1 aliphatic carbocycles. The molecule has 0 heterocycles. The monoisotopic (exact) mass is 256 g/mol. The van der Waals surface area contributed by atoms with Gasteiger partial charge in [-0.1, -0.05) is 27.7 Å². The van der Waals surface area contributed by atoms with Crippen molar-refractivity contribution in [3.05, 3.63) is 0 Å². The highest BCUT2D eigenvalue weighted by molar-refractivity contribution is 5.00. The fourth-order valence-corrected chi connectivity index (χ4v) is 3.18. The van der Waals surface area contributed by atoms with Crippen LogP contribution in [0, 0.1) is 5.92 Å². The molecule has 0 aromatic heterocycles. The third-order valence-electron chi connectivity index (χ3n) is 4.66. The average Bonchev–Trinajstić information content (AvgIpc) is 2.71. The number of hydrogen-bond donors (Lipinski definition) is 2. The van der Waals surface area contributed by atoms with Crippen LogP contribution in [0.4, 0.5) is 0 Å². The second-order valence-electron chi connectivity index (χ2n) is 6.78. The molecular formula is C15H32N2O. The van der Waals surface area contributed by atoms with Crippen molar-refractivity contribution in [2.24, 2.45) is 5.92 Å². The molecular weight excluding hydrogens is 224 g/mol. The molecule has 0 spiro atoms. The minimum absolute atomic E-state index is 0.0518. The van der Waals surface area contributed by atoms with Gasteiger partial charge in [-0.3, -0.25) is 0 Å². The molecule has 1 rings (SSSR count). The van der Waals surface area contributed by atoms with Crippen LogP contribution < -0.4 is 5.32 Å². The van der Waals surface area contributed by atoms with Crippen LogP contribution in [0.1, 0.15) is 53.9 Å². The highest BCUT2D eigenvalue weighted by Gasteiger charge is 2.41. The fourth-order valence-electron chi connectivity index (χ4n) is 3.18. The Morgan fingerprint density at radius 3 is 2.33 bits per heavy atom. The van der Waals surface area contributed by atoms with E-state index in [1.165, 1.54) is 6.42 Å². The van der Waals surface area contributed by atoms with Crippen molar-refractivity contribution in [3.63, 3.8) is 0 Å². The van der Waals surface area contributed by atoms with Crippen LogP contribution in [-0.4, -0.2) is 47.3 Å². The third kappa shape index (κ3) is 3.69. The van der Waals surface area contributed by atoms with E-state index in [1.807, 2.05) is 0 Å². The standard InChI is InChI=1S/C15H32N2O/c1-11(2)13(5)17(6)14-7-8-15(9-14,10-18)16-12(3)4/h11-14,16,18H,7-10H2,1-6H3. The second kappa shape index (κ2) is 6.36. The van der Waals surface area contributed by atoms with Gasteiger partial charge in [0, 0.05) is 23.7 Å². The first-order chi connectivity index (χ1) is 8.31. The summed E-state index contributed by atoms with van der Waals surface area (Å²) in [6.07, 6.45) is 3.34. The smallest absolute Gasteiger partial charge is 0.0614 e. The van der Waals surface area contributed by atoms with Crippen LogP contribution in [0.3, 0.4) is 0 Å². The van der Waals surface area contributed by atoms with E-state index in [0.29, 0.717) is 24.0 Å². The number of hydrogen-bond acceptors (Lipinski definition) is 3. The molecule has 0 bridgehead atoms. The summed E-state index contributed by atoms with van der Waals surface area (Å²) in [6, 6.07) is 1.63. The highest BCUT2D eigenvalue weighted by Crippen LogP contribution is 2.34. The predicted octanol–water partition coefficient (Wildman–Crippen LogP) is 2.24. The van der Waals surface area contributed by atoms with Gasteiger partial charge in [0.1, 0.15) is 0 Å². The predicted molar refractivity (Wildman–Crippen MR) is 77.8 cm³/mol. The third-order valence-corrected chi connectivity index (χ3v) is 4.66. The molecule has 2 N–H and O–H groups in total. The van der Waals surface area contributed by atoms with Crippen LogP contribution in [0.5, 0.6) is 0 Å². The number of nitrogens with zero attached hydrogens (tertiary/aromatic N) is 1. The Kier molecular flexibility index (Phi) is 5.63. The van der Waals surface area contributed by atoms with E-state index >= 15 is 0 Å². The molecule has 1 aliphatic rings. The van der Waals surface area contributed by atoms with E-state index in [4.69, 9.17) is 0 Å². The highest BCUT2D eigenvalue weighted by atomic mass is 16.3. The molecule has 18 heavy (non-hydrogen) atoms. The van der Waals surface area contributed by atoms with Gasteiger partial charge in [0.05, 0.1) is 6.61 Å². The average molecular weight is 256 g/mol. The lowest BCUT2D eigenvalue weighted by molar-refractivity contribution is 0.119. The molecule has 1 saturated carbocycles. The van der Waals surface area contributed by atoms with Gasteiger partial charge in [0.2, 0.25) is 0 Å². The van der Waals surface area contributed by atoms with Gasteiger partial charge in [-0.25, -0.2) is 0 Å². The quantitative estimate of drug-likeness (QED) is 0.765. The molecule has 0 aliphatic heterocycles. The first-order valence-electron chi connectivity index (χ1n) is 7.42. The molecule has 3 unspecified atom stereocenters. The Hall–Kier alpha value is -0.120. The van der Waals surface area contributed by atoms with Crippen LogP contribution in [-0.2, 0) is 0 Å². The van der Waals surface area contributed by atoms with Crippen LogP contribution in [0.15, 0.2) is 0 Å². The van der Waals surface area contributed by atoms with E-state index in [-0.39, 0.29) is 12.1 Å². The lowest BCUT2D eigenvalue weighted by atomic mass is 9.96. The molecule has 0 radical (unpaired) electrons. The van der Waals surface area contributed by atoms with Gasteiger partial charge in [-0.2, -0.15) is 0 Å². The summed E-state index contributed by atoms with van der Waals surface area (Å²) in [4.78, 5) is 2.50. The van der Waals surface area contributed by atoms with E-state index in [9.17, 15) is 5.11 Å². The van der Waals surface area contributed by atoms with Crippen molar-refractivity contribution in [1.29, 1.82) is 0 Å². The van der Waals surface area contributed by atoms with Crippen molar-refractivity contribution >= 4 is 0 Å². The zero-order valence-corrected chi connectivity index (χ0v) is 13.0. The zero-order chi connectivity index (χ0) is 13.9. The number of aliphatic hydroxyl groups excluding tert-OH is 1. The number of aliphatic hydroxyl groups is 1. The van der Waals surface area contributed by atoms with Crippen molar-refractivity contribution in [3.8, 4) is 0 Å². The van der Waals surface area contributed by atoms with Crippen LogP contribution in [0.25, 0.3) is 0 Å². The summed E-state index contributed by atoms with van der Waals surface area (Å²) in [6.45, 7) is 11.4. The lowest BCUT2D eigenvalue weighted by Gasteiger charge is -2.36. The molecule has 0 saturated heterocycles. The fraction of sp³-hybridized carbons (Fsp3) is 1.00. The zero-order valence-electron chi connectivity index (χ0n) is 13.0. The van der Waals surface area contributed by atoms with E-state index in [0.717, 1.165) is 12.8 Å². The van der Waals surface area contributed by atoms with Gasteiger partial charge in [0.15, 0.2) is 0 Å². The molecule has 0 amide bonds. The maximum Gasteiger partial charge on any atom is 0.0614 e. The summed E-state index contributed by atoms with van der Waals surface area (Å²) >= 11 is 0. The molecule has 3 atom stereocenters. The summed E-state index contributed by atoms with van der Waals surface area (Å²) in [7, 11) is 2.23. The van der Waals surface area contributed by atoms with Gasteiger partial charge >= 0.3 is 0 Å². The molecule has 0 aromatic rings. The van der Waals surface area contributed by atoms with E-state index in [2.05, 4.69) is 51.9 Å². The second-order valence-corrected chi connectivity index (χ2v) is 6.78. The van der Waals surface area contributed by atoms with E-state index in [1.54, 1.807) is 0 Å². The van der Waals surface area contributed by atoms with Gasteiger partial charge in [-0.05, 0) is 39.2 Å². The van der Waals surface area contributed by atoms with Crippen molar-refractivity contribution in [1.82, 2.24) is 10.2 Å². The minimum atomic E-state index is -0.0518. The number of nitrogens with one attached hydrogen (secondary N) is 1. The first-order valence-corrected chi connectivity index (χ1v) is 7.42. The van der Waals surface area contributed by atoms with Gasteiger partial charge in [-0.15, -0.1) is 0 Å². The summed E-state index contributed by atoms with van der Waals surface area (Å²) in [5.41, 5.74) is -0.0518. The van der Waals surface area contributed by atoms with E-state index < -0.39 is 0 Å². The molecule has 0 aromatic carbocycles. The summed E-state index contributed by atoms with van der Waals surface area (Å²) in [5, 5.41) is 13.3. The normalized spacial score (nSPS) is 30.7. The summed E-state index contributed by atoms with van der Waals surface area (Å²) < 4.78 is 0. The summed E-state index contributed by atoms with van der Waals surface area (Å²) in [5.74, 6) is 0.678. The minimum Gasteiger partial charge on any atom is -0.394 e. The van der Waals surface area contributed by atoms with Crippen molar-refractivity contribution in [2.75, 3.05) is 13.7 Å². The largest absolute Gasteiger partial charge is 0.394 e. The van der Waals surface area contributed by atoms with Crippen molar-refractivity contribution < 1.29 is 5.11 Å². The molecule has 108 valence electrons. The number of rotatable bonds is 6. The molecule has 1 fully saturated rings. The molecule has 3 heteroatoms. The Balaban J connectivity index is 2.63. The first kappa shape index (κ1) is 15.9. The Labute approximate surface area is 113 Å². The Bertz CT molecular complexity index is 255. The maximum atomic E-state index is 9.73. The van der Waals surface area contributed by atoms with Gasteiger partial charge in [0.25, 0.3) is 0 Å². The van der Waals surface area contributed by atoms with Crippen LogP contribution in [0.2, 0.25) is 0 Å². The Morgan fingerprint density at radius 2 is 1.89 bits per heavy atom. The van der Waals surface area contributed by atoms with Crippen molar-refractivity contribution in [2.45, 2.75) is 77.5 Å². The Morgan fingerprint density at radius 1 is 1.28 bits per heavy atom. The lowest BCUT2D eigenvalue weighted by Crippen LogP contribution is -2.51. The molecule has 3 nitrogen and oxygen atoms in total. The van der Waals surface area contributed by atoms with Gasteiger partial charge < -0.3 is 15.3 Å². The van der Waals surface area contributed by atoms with Crippen LogP contribution >= 0.6 is 0 Å².